The fraction of sp³-hybridized carbons (Fsp3) is 0.700. The van der Waals surface area contributed by atoms with E-state index in [0.717, 1.165) is 60.4 Å². The van der Waals surface area contributed by atoms with E-state index in [1.165, 1.54) is 42.6 Å². The van der Waals surface area contributed by atoms with Gasteiger partial charge in [0.15, 0.2) is 10.1 Å². The number of aromatic nitrogens is 1. The Morgan fingerprint density at radius 1 is 1.14 bits per heavy atom. The first kappa shape index (κ1) is 23.0. The highest BCUT2D eigenvalue weighted by Gasteiger charge is 2.70. The van der Waals surface area contributed by atoms with Crippen molar-refractivity contribution in [1.29, 1.82) is 0 Å². The summed E-state index contributed by atoms with van der Waals surface area (Å²) < 4.78 is 1.07. The summed E-state index contributed by atoms with van der Waals surface area (Å²) in [7, 11) is 0. The molecular formula is C30H37NO2S2. The minimum absolute atomic E-state index is 0.155. The molecule has 3 nitrogen and oxygen atoms in total. The number of aryl methyl sites for hydroxylation is 1. The summed E-state index contributed by atoms with van der Waals surface area (Å²) >= 11 is 3.48. The number of fused-ring (bicyclic) bond motifs is 7. The minimum atomic E-state index is 0.155. The minimum Gasteiger partial charge on any atom is -0.298 e. The van der Waals surface area contributed by atoms with Crippen molar-refractivity contribution < 1.29 is 9.59 Å². The van der Waals surface area contributed by atoms with E-state index in [-0.39, 0.29) is 16.7 Å². The van der Waals surface area contributed by atoms with Gasteiger partial charge in [0.2, 0.25) is 0 Å². The Morgan fingerprint density at radius 3 is 2.80 bits per heavy atom. The van der Waals surface area contributed by atoms with Crippen LogP contribution in [0.4, 0.5) is 0 Å². The zero-order chi connectivity index (χ0) is 24.0. The number of carbonyl (C=O) groups is 2. The molecule has 0 radical (unpaired) electrons. The second-order valence-corrected chi connectivity index (χ2v) is 15.3. The summed E-state index contributed by atoms with van der Waals surface area (Å²) in [6.45, 7) is 5.00. The number of allylic oxidation sites excluding steroid dienone is 2. The Hall–Kier alpha value is -1.20. The molecule has 5 heteroatoms. The van der Waals surface area contributed by atoms with Crippen LogP contribution in [0.25, 0.3) is 6.08 Å². The van der Waals surface area contributed by atoms with E-state index in [9.17, 15) is 9.59 Å². The molecule has 35 heavy (non-hydrogen) atoms. The fourth-order valence-corrected chi connectivity index (χ4v) is 12.0. The number of ketones is 2. The van der Waals surface area contributed by atoms with E-state index in [2.05, 4.69) is 26.0 Å². The summed E-state index contributed by atoms with van der Waals surface area (Å²) in [4.78, 5) is 32.2. The molecule has 0 N–H and O–H groups in total. The third-order valence-electron chi connectivity index (χ3n) is 11.3. The standard InChI is InChI=1S/C30H37NO2S2/c1-28-12-11-19(32)15-18(28)7-8-20-21-9-10-22(29(21,2)17-30(13-14-30)26(20)28)24(33)16-34-27-31-23-5-3-4-6-25(23)35-27/h3,5,15,20-22,26H,4,6-14,16-17H2,1-2H3. The van der Waals surface area contributed by atoms with Crippen LogP contribution in [0, 0.1) is 39.9 Å². The first-order chi connectivity index (χ1) is 16.8. The zero-order valence-corrected chi connectivity index (χ0v) is 22.7. The molecule has 6 atom stereocenters. The Balaban J connectivity index is 1.12. The van der Waals surface area contributed by atoms with Crippen molar-refractivity contribution in [1.82, 2.24) is 4.98 Å². The van der Waals surface area contributed by atoms with Gasteiger partial charge in [0.25, 0.3) is 0 Å². The van der Waals surface area contributed by atoms with Crippen molar-refractivity contribution in [3.05, 3.63) is 28.3 Å². The molecule has 6 aliphatic rings. The predicted octanol–water partition coefficient (Wildman–Crippen LogP) is 7.30. The molecule has 1 aromatic rings. The number of rotatable bonds is 4. The average Bonchev–Trinajstić information content (AvgIpc) is 3.30. The molecular weight excluding hydrogens is 470 g/mol. The smallest absolute Gasteiger partial charge is 0.155 e. The van der Waals surface area contributed by atoms with Crippen molar-refractivity contribution in [2.75, 3.05) is 5.75 Å². The quantitative estimate of drug-likeness (QED) is 0.401. The van der Waals surface area contributed by atoms with Crippen LogP contribution in [0.3, 0.4) is 0 Å². The number of thiazole rings is 1. The molecule has 0 amide bonds. The number of hydrogen-bond donors (Lipinski definition) is 0. The third kappa shape index (κ3) is 3.39. The summed E-state index contributed by atoms with van der Waals surface area (Å²) in [5.41, 5.74) is 3.38. The van der Waals surface area contributed by atoms with Crippen LogP contribution in [0.2, 0.25) is 0 Å². The van der Waals surface area contributed by atoms with Crippen LogP contribution < -0.4 is 0 Å². The maximum Gasteiger partial charge on any atom is 0.155 e. The first-order valence-corrected chi connectivity index (χ1v) is 15.7. The monoisotopic (exact) mass is 507 g/mol. The summed E-state index contributed by atoms with van der Waals surface area (Å²) in [5, 5.41) is 0. The maximum atomic E-state index is 13.7. The van der Waals surface area contributed by atoms with E-state index in [0.29, 0.717) is 28.7 Å². The number of carbonyl (C=O) groups excluding carboxylic acids is 2. The highest BCUT2D eigenvalue weighted by Crippen LogP contribution is 2.77. The van der Waals surface area contributed by atoms with Gasteiger partial charge in [0.1, 0.15) is 5.78 Å². The van der Waals surface area contributed by atoms with E-state index in [1.807, 2.05) is 6.08 Å². The highest BCUT2D eigenvalue weighted by atomic mass is 32.2. The van der Waals surface area contributed by atoms with Gasteiger partial charge in [-0.15, -0.1) is 11.3 Å². The van der Waals surface area contributed by atoms with Crippen molar-refractivity contribution in [2.24, 2.45) is 39.9 Å². The molecule has 1 spiro atoms. The number of hydrogen-bond acceptors (Lipinski definition) is 5. The molecule has 186 valence electrons. The van der Waals surface area contributed by atoms with Gasteiger partial charge in [-0.1, -0.05) is 37.3 Å². The first-order valence-electron chi connectivity index (χ1n) is 13.9. The Labute approximate surface area is 217 Å². The molecule has 0 aliphatic heterocycles. The number of Topliss-reactive ketones (excluding diaryl/α,β-unsaturated/α-hetero) is 1. The van der Waals surface area contributed by atoms with Gasteiger partial charge in [0.05, 0.1) is 11.4 Å². The molecule has 1 heterocycles. The summed E-state index contributed by atoms with van der Waals surface area (Å²) in [5.74, 6) is 3.74. The van der Waals surface area contributed by atoms with Crippen molar-refractivity contribution >= 4 is 40.7 Å². The van der Waals surface area contributed by atoms with Gasteiger partial charge >= 0.3 is 0 Å². The van der Waals surface area contributed by atoms with E-state index in [1.54, 1.807) is 23.1 Å². The van der Waals surface area contributed by atoms with Crippen LogP contribution >= 0.6 is 23.1 Å². The van der Waals surface area contributed by atoms with E-state index >= 15 is 0 Å². The largest absolute Gasteiger partial charge is 0.298 e. The van der Waals surface area contributed by atoms with Gasteiger partial charge in [-0.3, -0.25) is 9.59 Å². The van der Waals surface area contributed by atoms with Crippen molar-refractivity contribution in [3.8, 4) is 0 Å². The lowest BCUT2D eigenvalue weighted by Gasteiger charge is -2.61. The predicted molar refractivity (Wildman–Crippen MR) is 142 cm³/mol. The lowest BCUT2D eigenvalue weighted by atomic mass is 9.42. The SMILES string of the molecule is CC12CCC(=O)C=C1CCC1C2C2(CC2)CC2(C)C(C(=O)CSc3nc4c(s3)CCC=C4)CCC12. The van der Waals surface area contributed by atoms with Gasteiger partial charge in [-0.25, -0.2) is 4.98 Å². The van der Waals surface area contributed by atoms with Gasteiger partial charge in [0, 0.05) is 17.2 Å². The molecule has 7 rings (SSSR count). The molecule has 1 aromatic heterocycles. The zero-order valence-electron chi connectivity index (χ0n) is 21.1. The molecule has 6 aliphatic carbocycles. The normalized spacial score (nSPS) is 40.5. The maximum absolute atomic E-state index is 13.7. The lowest BCUT2D eigenvalue weighted by molar-refractivity contribution is -0.135. The van der Waals surface area contributed by atoms with E-state index < -0.39 is 0 Å². The van der Waals surface area contributed by atoms with Crippen LogP contribution in [0.5, 0.6) is 0 Å². The van der Waals surface area contributed by atoms with Gasteiger partial charge < -0.3 is 0 Å². The van der Waals surface area contributed by atoms with Crippen LogP contribution in [0.1, 0.15) is 88.6 Å². The van der Waals surface area contributed by atoms with Crippen molar-refractivity contribution in [3.63, 3.8) is 0 Å². The molecule has 0 aromatic carbocycles. The lowest BCUT2D eigenvalue weighted by Crippen LogP contribution is -2.56. The Bertz CT molecular complexity index is 1160. The highest BCUT2D eigenvalue weighted by molar-refractivity contribution is 8.01. The third-order valence-corrected chi connectivity index (χ3v) is 13.6. The van der Waals surface area contributed by atoms with Gasteiger partial charge in [-0.2, -0.15) is 0 Å². The summed E-state index contributed by atoms with van der Waals surface area (Å²) in [6, 6.07) is 0. The molecule has 4 fully saturated rings. The Morgan fingerprint density at radius 2 is 2.00 bits per heavy atom. The number of nitrogens with zero attached hydrogens (tertiary/aromatic N) is 1. The second kappa shape index (κ2) is 7.90. The fourth-order valence-electron chi connectivity index (χ4n) is 9.83. The van der Waals surface area contributed by atoms with Crippen LogP contribution in [0.15, 0.2) is 22.1 Å². The number of thioether (sulfide) groups is 1. The van der Waals surface area contributed by atoms with Crippen molar-refractivity contribution in [2.45, 2.75) is 88.8 Å². The topological polar surface area (TPSA) is 47.0 Å². The summed E-state index contributed by atoms with van der Waals surface area (Å²) in [6.07, 6.45) is 18.9. The molecule has 6 unspecified atom stereocenters. The molecule has 4 saturated carbocycles. The van der Waals surface area contributed by atoms with Gasteiger partial charge in [-0.05, 0) is 110 Å². The second-order valence-electron chi connectivity index (χ2n) is 13.0. The van der Waals surface area contributed by atoms with Crippen LogP contribution in [-0.2, 0) is 16.0 Å². The molecule has 0 bridgehead atoms. The Kier molecular flexibility index (Phi) is 5.18. The van der Waals surface area contributed by atoms with Crippen LogP contribution in [-0.4, -0.2) is 22.3 Å². The van der Waals surface area contributed by atoms with E-state index in [4.69, 9.17) is 4.98 Å². The average molecular weight is 508 g/mol. The molecule has 0 saturated heterocycles.